The Morgan fingerprint density at radius 1 is 1.58 bits per heavy atom. The van der Waals surface area contributed by atoms with Gasteiger partial charge in [0.2, 0.25) is 0 Å². The van der Waals surface area contributed by atoms with E-state index in [1.54, 1.807) is 12.4 Å². The normalized spacial score (nSPS) is 16.1. The van der Waals surface area contributed by atoms with Crippen LogP contribution < -0.4 is 5.84 Å². The molecule has 0 aliphatic carbocycles. The fourth-order valence-electron chi connectivity index (χ4n) is 1.33. The SMILES string of the molecule is NN1CCc2ccncc2C1=O. The lowest BCUT2D eigenvalue weighted by Gasteiger charge is -2.23. The zero-order chi connectivity index (χ0) is 8.55. The second-order valence-corrected chi connectivity index (χ2v) is 2.78. The molecule has 62 valence electrons. The summed E-state index contributed by atoms with van der Waals surface area (Å²) in [6.07, 6.45) is 4.08. The number of nitrogens with zero attached hydrogens (tertiary/aromatic N) is 2. The molecular formula is C8H9N3O. The zero-order valence-corrected chi connectivity index (χ0v) is 6.53. The lowest BCUT2D eigenvalue weighted by atomic mass is 10.0. The minimum Gasteiger partial charge on any atom is -0.276 e. The molecule has 0 saturated carbocycles. The fraction of sp³-hybridized carbons (Fsp3) is 0.250. The molecule has 4 nitrogen and oxygen atoms in total. The molecule has 1 aliphatic heterocycles. The van der Waals surface area contributed by atoms with Gasteiger partial charge < -0.3 is 0 Å². The van der Waals surface area contributed by atoms with Gasteiger partial charge >= 0.3 is 0 Å². The maximum Gasteiger partial charge on any atom is 0.269 e. The first kappa shape index (κ1) is 7.24. The van der Waals surface area contributed by atoms with Gasteiger partial charge in [0, 0.05) is 18.9 Å². The van der Waals surface area contributed by atoms with Gasteiger partial charge in [0.25, 0.3) is 5.91 Å². The average Bonchev–Trinajstić information content (AvgIpc) is 2.12. The molecule has 0 spiro atoms. The molecule has 4 heteroatoms. The second kappa shape index (κ2) is 2.57. The summed E-state index contributed by atoms with van der Waals surface area (Å²) in [5, 5.41) is 1.23. The van der Waals surface area contributed by atoms with E-state index in [2.05, 4.69) is 4.98 Å². The summed E-state index contributed by atoms with van der Waals surface area (Å²) in [4.78, 5) is 15.3. The summed E-state index contributed by atoms with van der Waals surface area (Å²) >= 11 is 0. The van der Waals surface area contributed by atoms with Gasteiger partial charge in [-0.3, -0.25) is 14.8 Å². The molecule has 0 fully saturated rings. The first-order valence-electron chi connectivity index (χ1n) is 3.78. The summed E-state index contributed by atoms with van der Waals surface area (Å²) in [6, 6.07) is 1.86. The van der Waals surface area contributed by atoms with Crippen LogP contribution in [0, 0.1) is 0 Å². The van der Waals surface area contributed by atoms with E-state index in [0.29, 0.717) is 12.1 Å². The van der Waals surface area contributed by atoms with Crippen LogP contribution in [-0.2, 0) is 6.42 Å². The van der Waals surface area contributed by atoms with Gasteiger partial charge in [-0.25, -0.2) is 5.84 Å². The van der Waals surface area contributed by atoms with Gasteiger partial charge in [-0.15, -0.1) is 0 Å². The molecule has 0 atom stereocenters. The molecule has 2 heterocycles. The van der Waals surface area contributed by atoms with Gasteiger partial charge in [-0.2, -0.15) is 0 Å². The third-order valence-electron chi connectivity index (χ3n) is 2.02. The number of hydrogen-bond acceptors (Lipinski definition) is 3. The van der Waals surface area contributed by atoms with Gasteiger partial charge in [0.1, 0.15) is 0 Å². The molecular weight excluding hydrogens is 154 g/mol. The predicted molar refractivity (Wildman–Crippen MR) is 43.2 cm³/mol. The number of carbonyl (C=O) groups is 1. The number of hydrogen-bond donors (Lipinski definition) is 1. The van der Waals surface area contributed by atoms with E-state index in [1.165, 1.54) is 5.01 Å². The molecule has 1 aliphatic rings. The average molecular weight is 163 g/mol. The van der Waals surface area contributed by atoms with Crippen LogP contribution in [-0.4, -0.2) is 22.4 Å². The lowest BCUT2D eigenvalue weighted by Crippen LogP contribution is -2.42. The number of carbonyl (C=O) groups excluding carboxylic acids is 1. The monoisotopic (exact) mass is 163 g/mol. The van der Waals surface area contributed by atoms with E-state index in [4.69, 9.17) is 5.84 Å². The Hall–Kier alpha value is -1.42. The predicted octanol–water partition coefficient (Wildman–Crippen LogP) is -0.0464. The first-order valence-corrected chi connectivity index (χ1v) is 3.78. The Balaban J connectivity index is 2.49. The second-order valence-electron chi connectivity index (χ2n) is 2.78. The van der Waals surface area contributed by atoms with Crippen molar-refractivity contribution < 1.29 is 4.79 Å². The van der Waals surface area contributed by atoms with Gasteiger partial charge in [-0.1, -0.05) is 0 Å². The van der Waals surface area contributed by atoms with Crippen LogP contribution in [0.4, 0.5) is 0 Å². The van der Waals surface area contributed by atoms with E-state index >= 15 is 0 Å². The standard InChI is InChI=1S/C8H9N3O/c9-11-4-2-6-1-3-10-5-7(6)8(11)12/h1,3,5H,2,4,9H2. The van der Waals surface area contributed by atoms with Crippen molar-refractivity contribution in [2.45, 2.75) is 6.42 Å². The molecule has 0 radical (unpaired) electrons. The van der Waals surface area contributed by atoms with E-state index in [9.17, 15) is 4.79 Å². The number of fused-ring (bicyclic) bond motifs is 1. The Kier molecular flexibility index (Phi) is 1.55. The maximum absolute atomic E-state index is 11.4. The fourth-order valence-corrected chi connectivity index (χ4v) is 1.33. The number of nitrogens with two attached hydrogens (primary N) is 1. The van der Waals surface area contributed by atoms with Crippen molar-refractivity contribution in [2.75, 3.05) is 6.54 Å². The highest BCUT2D eigenvalue weighted by Gasteiger charge is 2.21. The van der Waals surface area contributed by atoms with Crippen molar-refractivity contribution in [3.05, 3.63) is 29.6 Å². The van der Waals surface area contributed by atoms with Crippen LogP contribution in [0.1, 0.15) is 15.9 Å². The molecule has 0 saturated heterocycles. The van der Waals surface area contributed by atoms with Crippen LogP contribution >= 0.6 is 0 Å². The van der Waals surface area contributed by atoms with E-state index in [1.807, 2.05) is 6.07 Å². The first-order chi connectivity index (χ1) is 5.79. The number of aromatic nitrogens is 1. The minimum atomic E-state index is -0.135. The molecule has 12 heavy (non-hydrogen) atoms. The highest BCUT2D eigenvalue weighted by Crippen LogP contribution is 2.14. The maximum atomic E-state index is 11.4. The molecule has 1 aromatic heterocycles. The summed E-state index contributed by atoms with van der Waals surface area (Å²) in [7, 11) is 0. The smallest absolute Gasteiger partial charge is 0.269 e. The van der Waals surface area contributed by atoms with Crippen molar-refractivity contribution in [3.63, 3.8) is 0 Å². The quantitative estimate of drug-likeness (QED) is 0.431. The third kappa shape index (κ3) is 0.967. The molecule has 1 amide bonds. The van der Waals surface area contributed by atoms with Crippen LogP contribution in [0.2, 0.25) is 0 Å². The summed E-state index contributed by atoms with van der Waals surface area (Å²) in [5.41, 5.74) is 1.67. The Labute approximate surface area is 70.0 Å². The number of hydrazine groups is 1. The molecule has 2 N–H and O–H groups in total. The Morgan fingerprint density at radius 2 is 2.42 bits per heavy atom. The van der Waals surface area contributed by atoms with Crippen LogP contribution in [0.5, 0.6) is 0 Å². The lowest BCUT2D eigenvalue weighted by molar-refractivity contribution is 0.0739. The van der Waals surface area contributed by atoms with Gasteiger partial charge in [0.05, 0.1) is 5.56 Å². The van der Waals surface area contributed by atoms with E-state index in [-0.39, 0.29) is 5.91 Å². The van der Waals surface area contributed by atoms with Crippen molar-refractivity contribution in [1.29, 1.82) is 0 Å². The number of amides is 1. The van der Waals surface area contributed by atoms with Crippen LogP contribution in [0.15, 0.2) is 18.5 Å². The minimum absolute atomic E-state index is 0.135. The third-order valence-corrected chi connectivity index (χ3v) is 2.02. The molecule has 0 bridgehead atoms. The molecule has 0 aromatic carbocycles. The van der Waals surface area contributed by atoms with Crippen molar-refractivity contribution >= 4 is 5.91 Å². The topological polar surface area (TPSA) is 59.2 Å². The highest BCUT2D eigenvalue weighted by molar-refractivity contribution is 5.95. The Morgan fingerprint density at radius 3 is 3.25 bits per heavy atom. The van der Waals surface area contributed by atoms with Crippen molar-refractivity contribution in [3.8, 4) is 0 Å². The summed E-state index contributed by atoms with van der Waals surface area (Å²) in [5.74, 6) is 5.31. The number of rotatable bonds is 0. The van der Waals surface area contributed by atoms with Gasteiger partial charge in [0.15, 0.2) is 0 Å². The van der Waals surface area contributed by atoms with Crippen LogP contribution in [0.3, 0.4) is 0 Å². The zero-order valence-electron chi connectivity index (χ0n) is 6.53. The van der Waals surface area contributed by atoms with Crippen molar-refractivity contribution in [2.24, 2.45) is 5.84 Å². The van der Waals surface area contributed by atoms with Gasteiger partial charge in [-0.05, 0) is 18.1 Å². The molecule has 2 rings (SSSR count). The van der Waals surface area contributed by atoms with E-state index < -0.39 is 0 Å². The van der Waals surface area contributed by atoms with Crippen LogP contribution in [0.25, 0.3) is 0 Å². The van der Waals surface area contributed by atoms with E-state index in [0.717, 1.165) is 12.0 Å². The molecule has 1 aromatic rings. The highest BCUT2D eigenvalue weighted by atomic mass is 16.2. The van der Waals surface area contributed by atoms with Crippen molar-refractivity contribution in [1.82, 2.24) is 9.99 Å². The largest absolute Gasteiger partial charge is 0.276 e. The summed E-state index contributed by atoms with van der Waals surface area (Å²) < 4.78 is 0. The Bertz CT molecular complexity index is 324. The number of pyridine rings is 1. The molecule has 0 unspecified atom stereocenters. The summed E-state index contributed by atoms with van der Waals surface area (Å²) in [6.45, 7) is 0.593.